The Morgan fingerprint density at radius 1 is 0.621 bits per heavy atom. The fraction of sp³-hybridized carbons (Fsp3) is 0.200. The van der Waals surface area contributed by atoms with Gasteiger partial charge in [-0.3, -0.25) is 0 Å². The van der Waals surface area contributed by atoms with Crippen LogP contribution in [0.4, 0.5) is 26.3 Å². The van der Waals surface area contributed by atoms with E-state index in [2.05, 4.69) is 0 Å². The summed E-state index contributed by atoms with van der Waals surface area (Å²) in [5.41, 5.74) is 0. The van der Waals surface area contributed by atoms with E-state index in [-0.39, 0.29) is 7.14 Å². The van der Waals surface area contributed by atoms with E-state index in [1.165, 1.54) is 36.4 Å². The predicted octanol–water partition coefficient (Wildman–Crippen LogP) is 3.94. The molecule has 2 aromatic rings. The average Bonchev–Trinajstić information content (AvgIpc) is 2.65. The molecule has 5 nitrogen and oxygen atoms in total. The van der Waals surface area contributed by atoms with Crippen molar-refractivity contribution in [3.63, 3.8) is 0 Å². The van der Waals surface area contributed by atoms with Gasteiger partial charge in [-0.05, 0) is 0 Å². The predicted molar refractivity (Wildman–Crippen MR) is 98.8 cm³/mol. The zero-order valence-corrected chi connectivity index (χ0v) is 17.6. The Hall–Kier alpha value is -1.39. The summed E-state index contributed by atoms with van der Waals surface area (Å²) >= 11 is -4.38. The molecule has 0 amide bonds. The normalized spacial score (nSPS) is 24.6. The Labute approximate surface area is 169 Å². The molecule has 14 heteroatoms. The third kappa shape index (κ3) is 2.90. The third-order valence-electron chi connectivity index (χ3n) is 3.77. The first-order valence-corrected chi connectivity index (χ1v) is 13.4. The van der Waals surface area contributed by atoms with Gasteiger partial charge in [-0.1, -0.05) is 0 Å². The summed E-state index contributed by atoms with van der Waals surface area (Å²) in [5.74, 6) is -6.66. The molecule has 2 aromatic carbocycles. The van der Waals surface area contributed by atoms with Gasteiger partial charge in [-0.15, -0.1) is 0 Å². The molecule has 29 heavy (non-hydrogen) atoms. The van der Waals surface area contributed by atoms with Crippen LogP contribution in [-0.2, 0) is 20.0 Å². The molecule has 1 saturated heterocycles. The number of nitrogens with zero attached hydrogens (tertiary/aromatic N) is 1. The van der Waals surface area contributed by atoms with E-state index in [9.17, 15) is 43.2 Å². The number of hydrogen-bond donors (Lipinski definition) is 0. The molecule has 0 spiro atoms. The Bertz CT molecular complexity index is 1040. The van der Waals surface area contributed by atoms with Crippen LogP contribution in [0.1, 0.15) is 0 Å². The second-order valence-corrected chi connectivity index (χ2v) is 15.8. The number of halogens is 7. The molecule has 0 unspecified atom stereocenters. The maximum atomic E-state index is 14.1. The summed E-state index contributed by atoms with van der Waals surface area (Å²) in [7, 11) is -13.5. The quantitative estimate of drug-likeness (QED) is 0.317. The molecule has 0 radical (unpaired) electrons. The van der Waals surface area contributed by atoms with Crippen LogP contribution >= 0.6 is 20.1 Å². The van der Waals surface area contributed by atoms with Crippen LogP contribution in [0.2, 0.25) is 0 Å². The van der Waals surface area contributed by atoms with E-state index in [1.54, 1.807) is 0 Å². The van der Waals surface area contributed by atoms with Crippen LogP contribution in [0.15, 0.2) is 60.7 Å². The van der Waals surface area contributed by atoms with Crippen LogP contribution < -0.4 is 0 Å². The average molecular weight is 573 g/mol. The maximum absolute atomic E-state index is 14.1. The van der Waals surface area contributed by atoms with Gasteiger partial charge in [0.15, 0.2) is 0 Å². The van der Waals surface area contributed by atoms with Gasteiger partial charge in [-0.25, -0.2) is 0 Å². The molecule has 1 aliphatic heterocycles. The Balaban J connectivity index is 2.41. The molecule has 0 aromatic heterocycles. The molecule has 1 heterocycles. The van der Waals surface area contributed by atoms with E-state index < -0.39 is 58.5 Å². The van der Waals surface area contributed by atoms with Gasteiger partial charge in [0.1, 0.15) is 0 Å². The summed E-state index contributed by atoms with van der Waals surface area (Å²) in [6.45, 7) is 0. The number of hydrogen-bond acceptors (Lipinski definition) is 4. The number of rotatable bonds is 3. The van der Waals surface area contributed by atoms with Crippen molar-refractivity contribution in [3.8, 4) is 0 Å². The molecular weight excluding hydrogens is 563 g/mol. The minimum atomic E-state index is -6.73. The molecule has 1 aliphatic rings. The fourth-order valence-corrected chi connectivity index (χ4v) is 16.2. The first kappa shape index (κ1) is 22.3. The van der Waals surface area contributed by atoms with Crippen molar-refractivity contribution < 1.29 is 43.2 Å². The van der Waals surface area contributed by atoms with Crippen molar-refractivity contribution >= 4 is 40.1 Å². The Kier molecular flexibility index (Phi) is 5.24. The van der Waals surface area contributed by atoms with Gasteiger partial charge in [-0.2, -0.15) is 0 Å². The molecule has 0 saturated carbocycles. The van der Waals surface area contributed by atoms with E-state index in [1.807, 2.05) is 0 Å². The van der Waals surface area contributed by atoms with Crippen molar-refractivity contribution in [2.75, 3.05) is 0 Å². The zero-order chi connectivity index (χ0) is 21.9. The van der Waals surface area contributed by atoms with Crippen LogP contribution in [0, 0.1) is 7.14 Å². The second kappa shape index (κ2) is 6.81. The van der Waals surface area contributed by atoms with Gasteiger partial charge in [0, 0.05) is 0 Å². The first-order valence-electron chi connectivity index (χ1n) is 7.44. The number of benzene rings is 2. The third-order valence-corrected chi connectivity index (χ3v) is 17.1. The molecule has 160 valence electrons. The summed E-state index contributed by atoms with van der Waals surface area (Å²) in [6.07, 6.45) is 0. The second-order valence-electron chi connectivity index (χ2n) is 5.63. The van der Waals surface area contributed by atoms with Gasteiger partial charge in [0.25, 0.3) is 0 Å². The summed E-state index contributed by atoms with van der Waals surface area (Å²) in [6, 6.07) is 12.7. The van der Waals surface area contributed by atoms with Crippen molar-refractivity contribution in [2.45, 2.75) is 16.4 Å². The van der Waals surface area contributed by atoms with Crippen molar-refractivity contribution in [3.05, 3.63) is 67.8 Å². The van der Waals surface area contributed by atoms with E-state index in [4.69, 9.17) is 0 Å². The van der Waals surface area contributed by atoms with Crippen LogP contribution in [0.5, 0.6) is 0 Å². The van der Waals surface area contributed by atoms with Gasteiger partial charge >= 0.3 is 169 Å². The Morgan fingerprint density at radius 3 is 1.24 bits per heavy atom. The fourth-order valence-electron chi connectivity index (χ4n) is 2.34. The Morgan fingerprint density at radius 2 is 0.931 bits per heavy atom. The molecule has 0 atom stereocenters. The van der Waals surface area contributed by atoms with Crippen molar-refractivity contribution in [1.82, 2.24) is 1.92 Å². The minimum absolute atomic E-state index is 0.146. The van der Waals surface area contributed by atoms with E-state index in [0.29, 0.717) is 0 Å². The van der Waals surface area contributed by atoms with Crippen LogP contribution in [0.25, 0.3) is 0 Å². The van der Waals surface area contributed by atoms with Crippen LogP contribution in [0.3, 0.4) is 0 Å². The van der Waals surface area contributed by atoms with Gasteiger partial charge < -0.3 is 0 Å². The molecule has 1 fully saturated rings. The number of alkyl halides is 6. The SMILES string of the molecule is O=S1(=O)N(I(c2ccccc2)c2ccccc2)S(=O)(=O)C(F)(F)C(F)(F)C1(F)F. The first-order chi connectivity index (χ1) is 13.2. The molecular formula is C15H10F6INO4S2. The zero-order valence-electron chi connectivity index (χ0n) is 13.8. The van der Waals surface area contributed by atoms with Crippen molar-refractivity contribution in [2.24, 2.45) is 0 Å². The summed E-state index contributed by atoms with van der Waals surface area (Å²) in [5, 5.41) is -12.7. The molecule has 0 bridgehead atoms. The molecule has 0 aliphatic carbocycles. The number of sulfonamides is 2. The van der Waals surface area contributed by atoms with Gasteiger partial charge in [0.05, 0.1) is 0 Å². The van der Waals surface area contributed by atoms with E-state index >= 15 is 0 Å². The van der Waals surface area contributed by atoms with E-state index in [0.717, 1.165) is 24.3 Å². The monoisotopic (exact) mass is 573 g/mol. The molecule has 0 N–H and O–H groups in total. The topological polar surface area (TPSA) is 71.5 Å². The standard InChI is InChI=1S/C15H10F6INO4S2/c16-13(17)14(18,19)28(24,25)23(29(26,27)15(13,20)21)22(11-7-3-1-4-8-11)12-9-5-2-6-10-12/h1-10H. The van der Waals surface area contributed by atoms with Gasteiger partial charge in [0.2, 0.25) is 0 Å². The summed E-state index contributed by atoms with van der Waals surface area (Å²) < 4.78 is 132. The van der Waals surface area contributed by atoms with Crippen LogP contribution in [-0.4, -0.2) is 35.2 Å². The summed E-state index contributed by atoms with van der Waals surface area (Å²) in [4.78, 5) is 0. The molecule has 3 rings (SSSR count). The van der Waals surface area contributed by atoms with Crippen molar-refractivity contribution in [1.29, 1.82) is 0 Å².